The van der Waals surface area contributed by atoms with E-state index in [4.69, 9.17) is 0 Å². The van der Waals surface area contributed by atoms with Crippen LogP contribution in [-0.4, -0.2) is 56.2 Å². The van der Waals surface area contributed by atoms with Crippen LogP contribution in [0.5, 0.6) is 0 Å². The Bertz CT molecular complexity index is 710. The summed E-state index contributed by atoms with van der Waals surface area (Å²) in [6, 6.07) is 3.82. The second-order valence-corrected chi connectivity index (χ2v) is 6.81. The molecule has 1 aliphatic heterocycles. The Morgan fingerprint density at radius 3 is 2.80 bits per heavy atom. The van der Waals surface area contributed by atoms with Crippen LogP contribution in [0.2, 0.25) is 0 Å². The summed E-state index contributed by atoms with van der Waals surface area (Å²) < 4.78 is 0. The van der Waals surface area contributed by atoms with Crippen molar-refractivity contribution < 1.29 is 14.7 Å². The summed E-state index contributed by atoms with van der Waals surface area (Å²) in [4.78, 5) is 29.7. The molecule has 0 bridgehead atoms. The molecule has 1 fully saturated rings. The van der Waals surface area contributed by atoms with Crippen LogP contribution >= 0.6 is 11.3 Å². The first-order valence-electron chi connectivity index (χ1n) is 8.02. The molecule has 3 rings (SSSR count). The first-order chi connectivity index (χ1) is 12.1. The topological polar surface area (TPSA) is 108 Å². The molecule has 0 aliphatic carbocycles. The van der Waals surface area contributed by atoms with Gasteiger partial charge in [0.15, 0.2) is 0 Å². The zero-order chi connectivity index (χ0) is 17.6. The van der Waals surface area contributed by atoms with E-state index in [2.05, 4.69) is 20.5 Å². The van der Waals surface area contributed by atoms with Crippen molar-refractivity contribution in [3.63, 3.8) is 0 Å². The minimum Gasteiger partial charge on any atom is -0.391 e. The lowest BCUT2D eigenvalue weighted by Gasteiger charge is -2.16. The third-order valence-corrected chi connectivity index (χ3v) is 4.79. The van der Waals surface area contributed by atoms with Gasteiger partial charge in [-0.05, 0) is 24.1 Å². The molecular formula is C16H19N5O3S. The molecule has 8 nitrogen and oxygen atoms in total. The number of nitrogens with zero attached hydrogens (tertiary/aromatic N) is 4. The standard InChI is InChI=1S/C16H19N5O3S/c22-13-9-21(8-12(13)7-11-3-5-17-6-4-11)15(24)2-1-14(23)19-16-20-18-10-25-16/h3-6,10,12-13,22H,1-2,7-9H2,(H,19,20,23)/t12-,13+/m1/s1. The SMILES string of the molecule is O=C(CCC(=O)N1C[C@@H](Cc2ccncc2)[C@@H](O)C1)Nc1nncs1. The average Bonchev–Trinajstić information content (AvgIpc) is 3.24. The Balaban J connectivity index is 1.45. The van der Waals surface area contributed by atoms with Crippen molar-refractivity contribution in [2.45, 2.75) is 25.4 Å². The Morgan fingerprint density at radius 1 is 1.28 bits per heavy atom. The Labute approximate surface area is 148 Å². The maximum absolute atomic E-state index is 12.3. The molecular weight excluding hydrogens is 342 g/mol. The lowest BCUT2D eigenvalue weighted by molar-refractivity contribution is -0.132. The number of hydrogen-bond donors (Lipinski definition) is 2. The summed E-state index contributed by atoms with van der Waals surface area (Å²) in [6.45, 7) is 0.812. The third kappa shape index (κ3) is 4.80. The van der Waals surface area contributed by atoms with E-state index >= 15 is 0 Å². The summed E-state index contributed by atoms with van der Waals surface area (Å²) in [5, 5.41) is 20.6. The number of nitrogens with one attached hydrogen (secondary N) is 1. The first kappa shape index (κ1) is 17.4. The zero-order valence-corrected chi connectivity index (χ0v) is 14.4. The van der Waals surface area contributed by atoms with Crippen molar-refractivity contribution in [2.75, 3.05) is 18.4 Å². The van der Waals surface area contributed by atoms with E-state index < -0.39 is 6.10 Å². The molecule has 1 saturated heterocycles. The van der Waals surface area contributed by atoms with Gasteiger partial charge in [0, 0.05) is 44.2 Å². The highest BCUT2D eigenvalue weighted by Crippen LogP contribution is 2.22. The fourth-order valence-corrected chi connectivity index (χ4v) is 3.33. The van der Waals surface area contributed by atoms with Crippen LogP contribution in [0, 0.1) is 5.92 Å². The largest absolute Gasteiger partial charge is 0.391 e. The monoisotopic (exact) mass is 361 g/mol. The maximum atomic E-state index is 12.3. The van der Waals surface area contributed by atoms with E-state index in [1.54, 1.807) is 17.3 Å². The van der Waals surface area contributed by atoms with Crippen LogP contribution < -0.4 is 5.32 Å². The number of rotatable bonds is 6. The number of likely N-dealkylation sites (tertiary alicyclic amines) is 1. The van der Waals surface area contributed by atoms with Crippen LogP contribution in [-0.2, 0) is 16.0 Å². The van der Waals surface area contributed by atoms with Crippen LogP contribution in [0.15, 0.2) is 30.0 Å². The second-order valence-electron chi connectivity index (χ2n) is 5.98. The van der Waals surface area contributed by atoms with Gasteiger partial charge in [0.25, 0.3) is 0 Å². The number of carbonyl (C=O) groups is 2. The van der Waals surface area contributed by atoms with E-state index in [-0.39, 0.29) is 30.6 Å². The molecule has 1 aliphatic rings. The van der Waals surface area contributed by atoms with Gasteiger partial charge in [0.1, 0.15) is 5.51 Å². The van der Waals surface area contributed by atoms with Crippen molar-refractivity contribution >= 4 is 28.3 Å². The fraction of sp³-hybridized carbons (Fsp3) is 0.438. The number of aliphatic hydroxyl groups is 1. The van der Waals surface area contributed by atoms with Gasteiger partial charge in [-0.2, -0.15) is 0 Å². The van der Waals surface area contributed by atoms with Crippen LogP contribution in [0.1, 0.15) is 18.4 Å². The average molecular weight is 361 g/mol. The van der Waals surface area contributed by atoms with Crippen molar-refractivity contribution in [1.82, 2.24) is 20.1 Å². The number of aromatic nitrogens is 3. The Hall–Kier alpha value is -2.39. The van der Waals surface area contributed by atoms with E-state index in [0.29, 0.717) is 24.6 Å². The number of hydrogen-bond acceptors (Lipinski definition) is 7. The van der Waals surface area contributed by atoms with Gasteiger partial charge in [-0.3, -0.25) is 14.6 Å². The summed E-state index contributed by atoms with van der Waals surface area (Å²) >= 11 is 1.23. The van der Waals surface area contributed by atoms with Gasteiger partial charge >= 0.3 is 0 Å². The first-order valence-corrected chi connectivity index (χ1v) is 8.90. The summed E-state index contributed by atoms with van der Waals surface area (Å²) in [5.41, 5.74) is 2.61. The van der Waals surface area contributed by atoms with E-state index in [9.17, 15) is 14.7 Å². The summed E-state index contributed by atoms with van der Waals surface area (Å²) in [6.07, 6.45) is 3.78. The lowest BCUT2D eigenvalue weighted by Crippen LogP contribution is -2.30. The minimum atomic E-state index is -0.549. The molecule has 25 heavy (non-hydrogen) atoms. The van der Waals surface area contributed by atoms with Crippen molar-refractivity contribution in [3.8, 4) is 0 Å². The molecule has 2 atom stereocenters. The molecule has 0 radical (unpaired) electrons. The van der Waals surface area contributed by atoms with Crippen molar-refractivity contribution in [3.05, 3.63) is 35.6 Å². The van der Waals surface area contributed by atoms with Gasteiger partial charge in [0.2, 0.25) is 16.9 Å². The number of β-amino-alcohol motifs (C(OH)–C–C–N with tert-alkyl or cyclic N) is 1. The number of carbonyl (C=O) groups excluding carboxylic acids is 2. The molecule has 3 heterocycles. The lowest BCUT2D eigenvalue weighted by atomic mass is 9.97. The van der Waals surface area contributed by atoms with Crippen LogP contribution in [0.3, 0.4) is 0 Å². The third-order valence-electron chi connectivity index (χ3n) is 4.18. The molecule has 0 unspecified atom stereocenters. The second kappa shape index (κ2) is 8.13. The Morgan fingerprint density at radius 2 is 2.08 bits per heavy atom. The Kier molecular flexibility index (Phi) is 5.67. The van der Waals surface area contributed by atoms with E-state index in [0.717, 1.165) is 5.56 Å². The van der Waals surface area contributed by atoms with Gasteiger partial charge in [-0.1, -0.05) is 11.3 Å². The fourth-order valence-electron chi connectivity index (χ4n) is 2.87. The smallest absolute Gasteiger partial charge is 0.226 e. The van der Waals surface area contributed by atoms with E-state index in [1.165, 1.54) is 16.8 Å². The summed E-state index contributed by atoms with van der Waals surface area (Å²) in [7, 11) is 0. The normalized spacial score (nSPS) is 19.8. The van der Waals surface area contributed by atoms with Gasteiger partial charge in [-0.25, -0.2) is 0 Å². The van der Waals surface area contributed by atoms with Crippen molar-refractivity contribution in [1.29, 1.82) is 0 Å². The highest BCUT2D eigenvalue weighted by atomic mass is 32.1. The number of pyridine rings is 1. The van der Waals surface area contributed by atoms with Crippen LogP contribution in [0.4, 0.5) is 5.13 Å². The molecule has 9 heteroatoms. The molecule has 0 saturated carbocycles. The van der Waals surface area contributed by atoms with E-state index in [1.807, 2.05) is 12.1 Å². The number of aliphatic hydroxyl groups excluding tert-OH is 1. The van der Waals surface area contributed by atoms with Gasteiger partial charge in [-0.15, -0.1) is 10.2 Å². The van der Waals surface area contributed by atoms with Gasteiger partial charge in [0.05, 0.1) is 6.10 Å². The number of anilines is 1. The number of amides is 2. The van der Waals surface area contributed by atoms with Crippen molar-refractivity contribution in [2.24, 2.45) is 5.92 Å². The van der Waals surface area contributed by atoms with Crippen LogP contribution in [0.25, 0.3) is 0 Å². The quantitative estimate of drug-likeness (QED) is 0.785. The molecule has 2 amide bonds. The molecule has 2 aromatic heterocycles. The predicted octanol–water partition coefficient (Wildman–Crippen LogP) is 0.714. The molecule has 0 spiro atoms. The molecule has 0 aromatic carbocycles. The highest BCUT2D eigenvalue weighted by molar-refractivity contribution is 7.13. The zero-order valence-electron chi connectivity index (χ0n) is 13.5. The van der Waals surface area contributed by atoms with Gasteiger partial charge < -0.3 is 15.3 Å². The molecule has 2 aromatic rings. The predicted molar refractivity (Wildman–Crippen MR) is 91.8 cm³/mol. The summed E-state index contributed by atoms with van der Waals surface area (Å²) in [5.74, 6) is -0.386. The molecule has 2 N–H and O–H groups in total. The molecule has 132 valence electrons. The minimum absolute atomic E-state index is 0.00145. The highest BCUT2D eigenvalue weighted by Gasteiger charge is 2.33. The maximum Gasteiger partial charge on any atom is 0.226 e.